The number of hydrogen-bond donors (Lipinski definition) is 1. The van der Waals surface area contributed by atoms with Gasteiger partial charge in [-0.2, -0.15) is 0 Å². The maximum absolute atomic E-state index is 6.24. The first-order chi connectivity index (χ1) is 11.3. The van der Waals surface area contributed by atoms with E-state index in [4.69, 9.17) is 17.3 Å². The highest BCUT2D eigenvalue weighted by Gasteiger charge is 2.21. The third-order valence-corrected chi connectivity index (χ3v) is 4.61. The van der Waals surface area contributed by atoms with Crippen molar-refractivity contribution in [3.63, 3.8) is 0 Å². The minimum absolute atomic E-state index is 0.117. The van der Waals surface area contributed by atoms with Crippen LogP contribution in [0.3, 0.4) is 0 Å². The van der Waals surface area contributed by atoms with Crippen molar-refractivity contribution in [3.8, 4) is 12.3 Å². The summed E-state index contributed by atoms with van der Waals surface area (Å²) in [4.78, 5) is 0. The smallest absolute Gasteiger partial charge is 0.0406 e. The normalized spacial score (nSPS) is 12.5. The second kappa shape index (κ2) is 9.37. The van der Waals surface area contributed by atoms with Crippen LogP contribution in [0.15, 0.2) is 43.1 Å². The van der Waals surface area contributed by atoms with Crippen LogP contribution >= 0.6 is 11.6 Å². The number of nitrogens with two attached hydrogens (primary N) is 1. The highest BCUT2D eigenvalue weighted by atomic mass is 35.5. The number of benzene rings is 1. The summed E-state index contributed by atoms with van der Waals surface area (Å²) in [6, 6.07) is 8.17. The van der Waals surface area contributed by atoms with Crippen LogP contribution < -0.4 is 5.73 Å². The Bertz CT molecular complexity index is 703. The predicted molar refractivity (Wildman–Crippen MR) is 105 cm³/mol. The summed E-state index contributed by atoms with van der Waals surface area (Å²) in [7, 11) is 2.09. The molecule has 0 bridgehead atoms. The lowest BCUT2D eigenvalue weighted by atomic mass is 9.86. The third kappa shape index (κ3) is 5.30. The van der Waals surface area contributed by atoms with Gasteiger partial charge < -0.3 is 10.3 Å². The molecule has 0 aliphatic carbocycles. The predicted octanol–water partition coefficient (Wildman–Crippen LogP) is 4.77. The molecule has 2 rings (SSSR count). The number of halogens is 1. The van der Waals surface area contributed by atoms with Crippen molar-refractivity contribution in [2.45, 2.75) is 39.2 Å². The number of aromatic nitrogens is 1. The Balaban J connectivity index is 0.000000648. The standard InChI is InChI=1S/C17H23ClN2.C4H4/c1-11-13(3)20(4)10-17(11)16(12(2)19)9-14-5-7-15(18)8-6-14;1-3-4-2/h5-8,10,12,16H,9,19H2,1-4H3;1,4H,2H2. The van der Waals surface area contributed by atoms with Gasteiger partial charge in [0.05, 0.1) is 0 Å². The fourth-order valence-corrected chi connectivity index (χ4v) is 2.83. The van der Waals surface area contributed by atoms with E-state index in [0.29, 0.717) is 5.92 Å². The zero-order valence-electron chi connectivity index (χ0n) is 15.0. The molecule has 2 nitrogen and oxygen atoms in total. The van der Waals surface area contributed by atoms with Crippen LogP contribution in [0.25, 0.3) is 0 Å². The largest absolute Gasteiger partial charge is 0.354 e. The van der Waals surface area contributed by atoms with E-state index >= 15 is 0 Å². The average Bonchev–Trinajstić information content (AvgIpc) is 2.81. The van der Waals surface area contributed by atoms with E-state index < -0.39 is 0 Å². The molecule has 2 aromatic rings. The molecule has 2 N–H and O–H groups in total. The van der Waals surface area contributed by atoms with Gasteiger partial charge in [0.25, 0.3) is 0 Å². The lowest BCUT2D eigenvalue weighted by Crippen LogP contribution is -2.26. The van der Waals surface area contributed by atoms with Crippen LogP contribution in [0, 0.1) is 26.2 Å². The number of allylic oxidation sites excluding steroid dienone is 1. The van der Waals surface area contributed by atoms with Gasteiger partial charge in [0.1, 0.15) is 0 Å². The van der Waals surface area contributed by atoms with E-state index in [1.165, 1.54) is 28.5 Å². The Labute approximate surface area is 151 Å². The van der Waals surface area contributed by atoms with Crippen LogP contribution in [0.1, 0.15) is 35.2 Å². The molecular formula is C21H27ClN2. The summed E-state index contributed by atoms with van der Waals surface area (Å²) >= 11 is 5.95. The van der Waals surface area contributed by atoms with E-state index in [2.05, 4.69) is 69.6 Å². The van der Waals surface area contributed by atoms with E-state index in [-0.39, 0.29) is 6.04 Å². The molecule has 0 saturated carbocycles. The van der Waals surface area contributed by atoms with E-state index in [0.717, 1.165) is 11.4 Å². The van der Waals surface area contributed by atoms with Crippen LogP contribution in [-0.2, 0) is 13.5 Å². The van der Waals surface area contributed by atoms with Gasteiger partial charge in [-0.25, -0.2) is 0 Å². The number of hydrogen-bond acceptors (Lipinski definition) is 1. The van der Waals surface area contributed by atoms with Gasteiger partial charge in [-0.05, 0) is 62.1 Å². The second-order valence-electron chi connectivity index (χ2n) is 6.07. The van der Waals surface area contributed by atoms with E-state index in [1.807, 2.05) is 12.1 Å². The van der Waals surface area contributed by atoms with Crippen LogP contribution in [-0.4, -0.2) is 10.6 Å². The van der Waals surface area contributed by atoms with Gasteiger partial charge in [0.2, 0.25) is 0 Å². The lowest BCUT2D eigenvalue weighted by molar-refractivity contribution is 0.562. The van der Waals surface area contributed by atoms with Gasteiger partial charge in [-0.1, -0.05) is 36.2 Å². The molecule has 0 saturated heterocycles. The molecule has 1 aromatic carbocycles. The highest BCUT2D eigenvalue weighted by Crippen LogP contribution is 2.29. The average molecular weight is 343 g/mol. The Morgan fingerprint density at radius 3 is 2.25 bits per heavy atom. The summed E-state index contributed by atoms with van der Waals surface area (Å²) in [5.74, 6) is 2.52. The first kappa shape index (κ1) is 20.1. The lowest BCUT2D eigenvalue weighted by Gasteiger charge is -2.21. The first-order valence-electron chi connectivity index (χ1n) is 8.01. The molecule has 3 heteroatoms. The zero-order valence-corrected chi connectivity index (χ0v) is 15.8. The molecule has 0 amide bonds. The summed E-state index contributed by atoms with van der Waals surface area (Å²) < 4.78 is 2.18. The Morgan fingerprint density at radius 2 is 1.88 bits per heavy atom. The second-order valence-corrected chi connectivity index (χ2v) is 6.51. The van der Waals surface area contributed by atoms with Gasteiger partial charge in [0.15, 0.2) is 0 Å². The number of nitrogens with zero attached hydrogens (tertiary/aromatic N) is 1. The van der Waals surface area contributed by atoms with Crippen molar-refractivity contribution < 1.29 is 0 Å². The molecule has 0 aliphatic rings. The van der Waals surface area contributed by atoms with Crippen LogP contribution in [0.2, 0.25) is 5.02 Å². The molecule has 24 heavy (non-hydrogen) atoms. The summed E-state index contributed by atoms with van der Waals surface area (Å²) in [6.45, 7) is 9.66. The maximum atomic E-state index is 6.24. The van der Waals surface area contributed by atoms with Crippen LogP contribution in [0.4, 0.5) is 0 Å². The van der Waals surface area contributed by atoms with Crippen molar-refractivity contribution in [2.75, 3.05) is 0 Å². The van der Waals surface area contributed by atoms with Crippen molar-refractivity contribution in [1.82, 2.24) is 4.57 Å². The van der Waals surface area contributed by atoms with E-state index in [1.54, 1.807) is 0 Å². The van der Waals surface area contributed by atoms with Crippen molar-refractivity contribution in [1.29, 1.82) is 0 Å². The molecule has 1 aromatic heterocycles. The zero-order chi connectivity index (χ0) is 18.3. The molecule has 2 atom stereocenters. The first-order valence-corrected chi connectivity index (χ1v) is 8.39. The van der Waals surface area contributed by atoms with Gasteiger partial charge in [-0.15, -0.1) is 6.42 Å². The van der Waals surface area contributed by atoms with E-state index in [9.17, 15) is 0 Å². The molecule has 2 unspecified atom stereocenters. The number of aryl methyl sites for hydroxylation is 1. The van der Waals surface area contributed by atoms with Crippen molar-refractivity contribution in [3.05, 3.63) is 70.5 Å². The third-order valence-electron chi connectivity index (χ3n) is 4.36. The molecule has 0 radical (unpaired) electrons. The topological polar surface area (TPSA) is 30.9 Å². The minimum atomic E-state index is 0.117. The number of terminal acetylenes is 1. The molecule has 0 spiro atoms. The summed E-state index contributed by atoms with van der Waals surface area (Å²) in [5.41, 5.74) is 11.5. The SMILES string of the molecule is C#CC=C.Cc1c(C(Cc2ccc(Cl)cc2)C(C)N)cn(C)c1C. The maximum Gasteiger partial charge on any atom is 0.0406 e. The summed E-state index contributed by atoms with van der Waals surface area (Å²) in [6.07, 6.45) is 9.22. The fourth-order valence-electron chi connectivity index (χ4n) is 2.70. The van der Waals surface area contributed by atoms with Gasteiger partial charge in [-0.3, -0.25) is 0 Å². The Kier molecular flexibility index (Phi) is 7.85. The minimum Gasteiger partial charge on any atom is -0.354 e. The number of rotatable bonds is 4. The molecule has 0 fully saturated rings. The van der Waals surface area contributed by atoms with Crippen molar-refractivity contribution >= 4 is 11.6 Å². The quantitative estimate of drug-likeness (QED) is 0.797. The monoisotopic (exact) mass is 342 g/mol. The van der Waals surface area contributed by atoms with Gasteiger partial charge in [0, 0.05) is 35.9 Å². The fraction of sp³-hybridized carbons (Fsp3) is 0.333. The Hall–Kier alpha value is -1.95. The van der Waals surface area contributed by atoms with Gasteiger partial charge >= 0.3 is 0 Å². The molecule has 1 heterocycles. The molecule has 0 aliphatic heterocycles. The molecule has 128 valence electrons. The van der Waals surface area contributed by atoms with Crippen molar-refractivity contribution in [2.24, 2.45) is 12.8 Å². The van der Waals surface area contributed by atoms with Crippen LogP contribution in [0.5, 0.6) is 0 Å². The Morgan fingerprint density at radius 1 is 1.33 bits per heavy atom. The summed E-state index contributed by atoms with van der Waals surface area (Å²) in [5, 5.41) is 0.776. The molecular weight excluding hydrogens is 316 g/mol. The highest BCUT2D eigenvalue weighted by molar-refractivity contribution is 6.30.